The SMILES string of the molecule is NC1(F)CCN(Cc2cc(C(=O)NC3CCCCC3)nc3c(F)cccc23)CC1. The zero-order valence-corrected chi connectivity index (χ0v) is 16.6. The third-order valence-electron chi connectivity index (χ3n) is 6.13. The highest BCUT2D eigenvalue weighted by atomic mass is 19.1. The summed E-state index contributed by atoms with van der Waals surface area (Å²) in [7, 11) is 0. The van der Waals surface area contributed by atoms with E-state index in [4.69, 9.17) is 5.73 Å². The molecule has 2 aromatic rings. The number of nitrogens with one attached hydrogen (secondary N) is 1. The number of likely N-dealkylation sites (tertiary alicyclic amines) is 1. The number of carbonyl (C=O) groups is 1. The smallest absolute Gasteiger partial charge is 0.270 e. The van der Waals surface area contributed by atoms with E-state index in [9.17, 15) is 13.6 Å². The lowest BCUT2D eigenvalue weighted by Gasteiger charge is -2.34. The van der Waals surface area contributed by atoms with E-state index in [1.807, 2.05) is 6.07 Å². The zero-order valence-electron chi connectivity index (χ0n) is 16.6. The molecule has 3 N–H and O–H groups in total. The minimum absolute atomic E-state index is 0.155. The van der Waals surface area contributed by atoms with Gasteiger partial charge in [0, 0.05) is 43.9 Å². The molecule has 2 fully saturated rings. The number of nitrogens with zero attached hydrogens (tertiary/aromatic N) is 2. The van der Waals surface area contributed by atoms with Gasteiger partial charge in [-0.3, -0.25) is 15.4 Å². The zero-order chi connectivity index (χ0) is 20.4. The van der Waals surface area contributed by atoms with Crippen LogP contribution in [0.4, 0.5) is 8.78 Å². The Morgan fingerprint density at radius 2 is 1.97 bits per heavy atom. The third-order valence-corrected chi connectivity index (χ3v) is 6.13. The number of nitrogens with two attached hydrogens (primary N) is 1. The number of carbonyl (C=O) groups excluding carboxylic acids is 1. The monoisotopic (exact) mass is 402 g/mol. The molecule has 1 aliphatic carbocycles. The number of halogens is 2. The molecule has 1 aromatic heterocycles. The first-order valence-electron chi connectivity index (χ1n) is 10.5. The highest BCUT2D eigenvalue weighted by molar-refractivity contribution is 5.96. The molecule has 2 heterocycles. The average Bonchev–Trinajstić information content (AvgIpc) is 2.71. The van der Waals surface area contributed by atoms with Crippen LogP contribution in [0.15, 0.2) is 24.3 Å². The van der Waals surface area contributed by atoms with Crippen molar-refractivity contribution in [2.24, 2.45) is 5.73 Å². The second-order valence-corrected chi connectivity index (χ2v) is 8.42. The Bertz CT molecular complexity index is 886. The number of fused-ring (bicyclic) bond motifs is 1. The van der Waals surface area contributed by atoms with Gasteiger partial charge in [0.25, 0.3) is 5.91 Å². The number of benzene rings is 1. The molecule has 1 aliphatic heterocycles. The van der Waals surface area contributed by atoms with Gasteiger partial charge in [0.15, 0.2) is 5.79 Å². The maximum absolute atomic E-state index is 14.5. The number of hydrogen-bond acceptors (Lipinski definition) is 4. The molecule has 1 aromatic carbocycles. The molecule has 1 saturated carbocycles. The van der Waals surface area contributed by atoms with Crippen LogP contribution in [0.25, 0.3) is 10.9 Å². The van der Waals surface area contributed by atoms with Crippen LogP contribution in [0.2, 0.25) is 0 Å². The molecular formula is C22H28F2N4O. The highest BCUT2D eigenvalue weighted by Gasteiger charge is 2.30. The Balaban J connectivity index is 1.60. The quantitative estimate of drug-likeness (QED) is 0.766. The Kier molecular flexibility index (Phi) is 5.79. The van der Waals surface area contributed by atoms with Crippen LogP contribution < -0.4 is 11.1 Å². The second kappa shape index (κ2) is 8.32. The minimum atomic E-state index is -1.62. The fraction of sp³-hybridized carbons (Fsp3) is 0.545. The first-order valence-corrected chi connectivity index (χ1v) is 10.5. The predicted octanol–water partition coefficient (Wildman–Crippen LogP) is 3.66. The van der Waals surface area contributed by atoms with Crippen molar-refractivity contribution in [2.45, 2.75) is 63.3 Å². The van der Waals surface area contributed by atoms with Crippen molar-refractivity contribution in [2.75, 3.05) is 13.1 Å². The number of alkyl halides is 1. The van der Waals surface area contributed by atoms with Crippen LogP contribution in [-0.4, -0.2) is 40.7 Å². The van der Waals surface area contributed by atoms with Gasteiger partial charge in [0.1, 0.15) is 17.0 Å². The maximum atomic E-state index is 14.5. The van der Waals surface area contributed by atoms with Crippen LogP contribution in [0.1, 0.15) is 61.0 Å². The lowest BCUT2D eigenvalue weighted by molar-refractivity contribution is 0.0606. The Labute approximate surface area is 169 Å². The number of piperidine rings is 1. The van der Waals surface area contributed by atoms with Gasteiger partial charge in [-0.1, -0.05) is 31.4 Å². The van der Waals surface area contributed by atoms with Gasteiger partial charge in [-0.25, -0.2) is 13.8 Å². The van der Waals surface area contributed by atoms with E-state index in [0.29, 0.717) is 25.0 Å². The Morgan fingerprint density at radius 1 is 1.24 bits per heavy atom. The van der Waals surface area contributed by atoms with Crippen LogP contribution in [0, 0.1) is 5.82 Å². The van der Waals surface area contributed by atoms with E-state index in [0.717, 1.165) is 31.2 Å². The molecule has 0 spiro atoms. The van der Waals surface area contributed by atoms with Crippen molar-refractivity contribution in [1.82, 2.24) is 15.2 Å². The van der Waals surface area contributed by atoms with Gasteiger partial charge in [-0.15, -0.1) is 0 Å². The molecular weight excluding hydrogens is 374 g/mol. The van der Waals surface area contributed by atoms with Gasteiger partial charge in [0.05, 0.1) is 0 Å². The third kappa shape index (κ3) is 4.73. The topological polar surface area (TPSA) is 71.2 Å². The van der Waals surface area contributed by atoms with Crippen molar-refractivity contribution >= 4 is 16.8 Å². The Morgan fingerprint density at radius 3 is 2.69 bits per heavy atom. The largest absolute Gasteiger partial charge is 0.348 e. The summed E-state index contributed by atoms with van der Waals surface area (Å²) < 4.78 is 28.4. The number of pyridine rings is 1. The van der Waals surface area contributed by atoms with Crippen molar-refractivity contribution in [3.8, 4) is 0 Å². The summed E-state index contributed by atoms with van der Waals surface area (Å²) in [5, 5.41) is 3.74. The molecule has 1 amide bonds. The molecule has 0 unspecified atom stereocenters. The first kappa shape index (κ1) is 20.2. The average molecular weight is 402 g/mol. The summed E-state index contributed by atoms with van der Waals surface area (Å²) >= 11 is 0. The number of amides is 1. The van der Waals surface area contributed by atoms with E-state index in [1.54, 1.807) is 12.1 Å². The number of hydrogen-bond donors (Lipinski definition) is 2. The number of para-hydroxylation sites is 1. The fourth-order valence-corrected chi connectivity index (χ4v) is 4.36. The molecule has 0 radical (unpaired) electrons. The number of aromatic nitrogens is 1. The minimum Gasteiger partial charge on any atom is -0.348 e. The van der Waals surface area contributed by atoms with Crippen molar-refractivity contribution in [3.05, 3.63) is 41.3 Å². The first-order chi connectivity index (χ1) is 13.9. The van der Waals surface area contributed by atoms with E-state index in [1.165, 1.54) is 12.5 Å². The summed E-state index contributed by atoms with van der Waals surface area (Å²) in [6.07, 6.45) is 5.90. The summed E-state index contributed by atoms with van der Waals surface area (Å²) in [6.45, 7) is 1.55. The maximum Gasteiger partial charge on any atom is 0.270 e. The second-order valence-electron chi connectivity index (χ2n) is 8.42. The molecule has 1 saturated heterocycles. The molecule has 156 valence electrons. The summed E-state index contributed by atoms with van der Waals surface area (Å²) in [4.78, 5) is 19.2. The number of rotatable bonds is 4. The van der Waals surface area contributed by atoms with Gasteiger partial charge >= 0.3 is 0 Å². The van der Waals surface area contributed by atoms with E-state index >= 15 is 0 Å². The van der Waals surface area contributed by atoms with Gasteiger partial charge in [-0.2, -0.15) is 0 Å². The molecule has 4 rings (SSSR count). The highest BCUT2D eigenvalue weighted by Crippen LogP contribution is 2.26. The molecule has 0 bridgehead atoms. The fourth-order valence-electron chi connectivity index (χ4n) is 4.36. The van der Waals surface area contributed by atoms with E-state index in [-0.39, 0.29) is 36.0 Å². The Hall–Kier alpha value is -2.12. The molecule has 29 heavy (non-hydrogen) atoms. The normalized spacial score (nSPS) is 20.7. The van der Waals surface area contributed by atoms with E-state index < -0.39 is 11.6 Å². The van der Waals surface area contributed by atoms with Crippen LogP contribution in [-0.2, 0) is 6.54 Å². The standard InChI is InChI=1S/C22H28F2N4O/c23-18-8-4-7-17-15(14-28-11-9-22(24,25)10-12-28)13-19(27-20(17)18)21(29)26-16-5-2-1-3-6-16/h4,7-8,13,16H,1-3,5-6,9-12,14,25H2,(H,26,29). The molecule has 5 nitrogen and oxygen atoms in total. The summed E-state index contributed by atoms with van der Waals surface area (Å²) in [5.41, 5.74) is 6.85. The lowest BCUT2D eigenvalue weighted by Crippen LogP contribution is -2.46. The van der Waals surface area contributed by atoms with Crippen LogP contribution >= 0.6 is 0 Å². The van der Waals surface area contributed by atoms with Gasteiger partial charge in [-0.05, 0) is 30.5 Å². The van der Waals surface area contributed by atoms with Gasteiger partial charge < -0.3 is 5.32 Å². The summed E-state index contributed by atoms with van der Waals surface area (Å²) in [6, 6.07) is 6.72. The molecule has 7 heteroatoms. The van der Waals surface area contributed by atoms with Crippen LogP contribution in [0.5, 0.6) is 0 Å². The van der Waals surface area contributed by atoms with Crippen molar-refractivity contribution < 1.29 is 13.6 Å². The summed E-state index contributed by atoms with van der Waals surface area (Å²) in [5.74, 6) is -2.32. The van der Waals surface area contributed by atoms with Crippen LogP contribution in [0.3, 0.4) is 0 Å². The van der Waals surface area contributed by atoms with Gasteiger partial charge in [0.2, 0.25) is 0 Å². The lowest BCUT2D eigenvalue weighted by atomic mass is 9.95. The predicted molar refractivity (Wildman–Crippen MR) is 109 cm³/mol. The van der Waals surface area contributed by atoms with Crippen molar-refractivity contribution in [3.63, 3.8) is 0 Å². The molecule has 0 atom stereocenters. The van der Waals surface area contributed by atoms with Crippen molar-refractivity contribution in [1.29, 1.82) is 0 Å². The molecule has 2 aliphatic rings. The van der Waals surface area contributed by atoms with E-state index in [2.05, 4.69) is 15.2 Å².